The summed E-state index contributed by atoms with van der Waals surface area (Å²) in [6, 6.07) is 12.2. The minimum absolute atomic E-state index is 0.422. The molecule has 0 aliphatic rings. The van der Waals surface area contributed by atoms with Gasteiger partial charge in [0.15, 0.2) is 0 Å². The smallest absolute Gasteiger partial charge is 0.126 e. The number of nitrogens with one attached hydrogen (secondary N) is 1. The lowest BCUT2D eigenvalue weighted by Crippen LogP contribution is -2.29. The molecule has 2 aromatic carbocycles. The van der Waals surface area contributed by atoms with E-state index < -0.39 is 17.7 Å². The number of aromatic nitrogens is 1. The van der Waals surface area contributed by atoms with Crippen LogP contribution in [-0.2, 0) is 0 Å². The van der Waals surface area contributed by atoms with Gasteiger partial charge in [0.1, 0.15) is 11.6 Å². The summed E-state index contributed by atoms with van der Waals surface area (Å²) in [5.41, 5.74) is 4.60. The molecule has 0 amide bonds. The number of rotatable bonds is 3. The van der Waals surface area contributed by atoms with Gasteiger partial charge in [0.2, 0.25) is 0 Å². The van der Waals surface area contributed by atoms with Crippen molar-refractivity contribution in [3.05, 3.63) is 77.5 Å². The van der Waals surface area contributed by atoms with Crippen LogP contribution in [-0.4, -0.2) is 4.98 Å². The summed E-state index contributed by atoms with van der Waals surface area (Å²) in [6.07, 6.45) is 1.69. The van der Waals surface area contributed by atoms with E-state index in [0.717, 1.165) is 22.5 Å². The van der Waals surface area contributed by atoms with E-state index in [9.17, 15) is 8.78 Å². The monoisotopic (exact) mass is 285 g/mol. The van der Waals surface area contributed by atoms with Crippen LogP contribution in [0, 0.1) is 11.6 Å². The Kier molecular flexibility index (Phi) is 3.60. The molecule has 3 N–H and O–H groups in total. The Morgan fingerprint density at radius 3 is 2.43 bits per heavy atom. The molecule has 1 atom stereocenters. The van der Waals surface area contributed by atoms with E-state index in [1.165, 1.54) is 12.1 Å². The highest BCUT2D eigenvalue weighted by molar-refractivity contribution is 5.79. The lowest BCUT2D eigenvalue weighted by Gasteiger charge is -2.17. The molecule has 0 saturated heterocycles. The van der Waals surface area contributed by atoms with Gasteiger partial charge in [-0.25, -0.2) is 14.2 Å². The van der Waals surface area contributed by atoms with E-state index in [2.05, 4.69) is 10.4 Å². The molecule has 1 heterocycles. The molecular weight excluding hydrogens is 272 g/mol. The van der Waals surface area contributed by atoms with Gasteiger partial charge < -0.3 is 0 Å². The first kappa shape index (κ1) is 13.6. The number of hydrogen-bond acceptors (Lipinski definition) is 3. The second kappa shape index (κ2) is 5.55. The Labute approximate surface area is 120 Å². The SMILES string of the molecule is NNC(c1cc(F)cc(F)c1)c1ccc2cccnc2c1. The first-order valence-corrected chi connectivity index (χ1v) is 6.44. The maximum Gasteiger partial charge on any atom is 0.126 e. The maximum atomic E-state index is 13.4. The molecule has 0 aliphatic heterocycles. The Morgan fingerprint density at radius 2 is 1.71 bits per heavy atom. The third-order valence-electron chi connectivity index (χ3n) is 3.35. The van der Waals surface area contributed by atoms with Gasteiger partial charge >= 0.3 is 0 Å². The van der Waals surface area contributed by atoms with E-state index in [1.54, 1.807) is 6.20 Å². The summed E-state index contributed by atoms with van der Waals surface area (Å²) in [5.74, 6) is 4.30. The topological polar surface area (TPSA) is 50.9 Å². The van der Waals surface area contributed by atoms with E-state index >= 15 is 0 Å². The third kappa shape index (κ3) is 2.74. The van der Waals surface area contributed by atoms with Crippen molar-refractivity contribution in [2.45, 2.75) is 6.04 Å². The molecule has 3 aromatic rings. The molecule has 0 fully saturated rings. The molecule has 21 heavy (non-hydrogen) atoms. The van der Waals surface area contributed by atoms with Gasteiger partial charge in [0, 0.05) is 17.6 Å². The summed E-state index contributed by atoms with van der Waals surface area (Å²) in [5, 5.41) is 0.988. The summed E-state index contributed by atoms with van der Waals surface area (Å²) in [7, 11) is 0. The van der Waals surface area contributed by atoms with E-state index in [-0.39, 0.29) is 0 Å². The third-order valence-corrected chi connectivity index (χ3v) is 3.35. The Hall–Kier alpha value is -2.37. The molecule has 1 aromatic heterocycles. The first-order chi connectivity index (χ1) is 10.2. The zero-order chi connectivity index (χ0) is 14.8. The lowest BCUT2D eigenvalue weighted by molar-refractivity contribution is 0.566. The number of pyridine rings is 1. The van der Waals surface area contributed by atoms with Crippen LogP contribution in [0.1, 0.15) is 17.2 Å². The van der Waals surface area contributed by atoms with Crippen molar-refractivity contribution in [3.63, 3.8) is 0 Å². The molecule has 0 spiro atoms. The maximum absolute atomic E-state index is 13.4. The van der Waals surface area contributed by atoms with Gasteiger partial charge in [-0.2, -0.15) is 0 Å². The minimum Gasteiger partial charge on any atom is -0.271 e. The number of hydrazine groups is 1. The van der Waals surface area contributed by atoms with Crippen molar-refractivity contribution in [1.82, 2.24) is 10.4 Å². The van der Waals surface area contributed by atoms with Crippen LogP contribution < -0.4 is 11.3 Å². The highest BCUT2D eigenvalue weighted by atomic mass is 19.1. The highest BCUT2D eigenvalue weighted by Gasteiger charge is 2.15. The zero-order valence-electron chi connectivity index (χ0n) is 11.1. The van der Waals surface area contributed by atoms with Crippen LogP contribution in [0.4, 0.5) is 8.78 Å². The molecular formula is C16H13F2N3. The van der Waals surface area contributed by atoms with Gasteiger partial charge in [-0.05, 0) is 35.4 Å². The van der Waals surface area contributed by atoms with Crippen molar-refractivity contribution < 1.29 is 8.78 Å². The average molecular weight is 285 g/mol. The first-order valence-electron chi connectivity index (χ1n) is 6.44. The fraction of sp³-hybridized carbons (Fsp3) is 0.0625. The standard InChI is InChI=1S/C16H13F2N3/c17-13-6-12(7-14(18)9-13)16(21-19)11-4-3-10-2-1-5-20-15(10)8-11/h1-9,16,21H,19H2. The van der Waals surface area contributed by atoms with Gasteiger partial charge in [0.25, 0.3) is 0 Å². The zero-order valence-corrected chi connectivity index (χ0v) is 11.1. The number of nitrogens with two attached hydrogens (primary N) is 1. The van der Waals surface area contributed by atoms with Crippen LogP contribution in [0.2, 0.25) is 0 Å². The van der Waals surface area contributed by atoms with Crippen LogP contribution in [0.25, 0.3) is 10.9 Å². The average Bonchev–Trinajstić information content (AvgIpc) is 2.47. The Balaban J connectivity index is 2.08. The summed E-state index contributed by atoms with van der Waals surface area (Å²) >= 11 is 0. The second-order valence-corrected chi connectivity index (χ2v) is 4.76. The molecule has 0 bridgehead atoms. The molecule has 5 heteroatoms. The predicted octanol–water partition coefficient (Wildman–Crippen LogP) is 3.07. The van der Waals surface area contributed by atoms with Gasteiger partial charge in [-0.15, -0.1) is 0 Å². The Bertz CT molecular complexity index is 769. The number of halogens is 2. The van der Waals surface area contributed by atoms with Crippen LogP contribution in [0.15, 0.2) is 54.7 Å². The van der Waals surface area contributed by atoms with Gasteiger partial charge in [-0.3, -0.25) is 10.8 Å². The quantitative estimate of drug-likeness (QED) is 0.574. The van der Waals surface area contributed by atoms with Crippen molar-refractivity contribution in [2.24, 2.45) is 5.84 Å². The van der Waals surface area contributed by atoms with Crippen molar-refractivity contribution in [2.75, 3.05) is 0 Å². The second-order valence-electron chi connectivity index (χ2n) is 4.76. The van der Waals surface area contributed by atoms with Crippen LogP contribution in [0.3, 0.4) is 0 Å². The van der Waals surface area contributed by atoms with E-state index in [4.69, 9.17) is 5.84 Å². The van der Waals surface area contributed by atoms with Crippen molar-refractivity contribution >= 4 is 10.9 Å². The number of benzene rings is 2. The van der Waals surface area contributed by atoms with Crippen molar-refractivity contribution in [3.8, 4) is 0 Å². The van der Waals surface area contributed by atoms with E-state index in [1.807, 2.05) is 30.3 Å². The number of hydrogen-bond donors (Lipinski definition) is 2. The fourth-order valence-electron chi connectivity index (χ4n) is 2.39. The molecule has 0 aliphatic carbocycles. The largest absolute Gasteiger partial charge is 0.271 e. The lowest BCUT2D eigenvalue weighted by atomic mass is 9.98. The number of nitrogens with zero attached hydrogens (tertiary/aromatic N) is 1. The van der Waals surface area contributed by atoms with Gasteiger partial charge in [-0.1, -0.05) is 18.2 Å². The molecule has 1 unspecified atom stereocenters. The van der Waals surface area contributed by atoms with E-state index in [0.29, 0.717) is 5.56 Å². The van der Waals surface area contributed by atoms with Gasteiger partial charge in [0.05, 0.1) is 11.6 Å². The van der Waals surface area contributed by atoms with Crippen molar-refractivity contribution in [1.29, 1.82) is 0 Å². The van der Waals surface area contributed by atoms with Crippen LogP contribution in [0.5, 0.6) is 0 Å². The molecule has 106 valence electrons. The normalized spacial score (nSPS) is 12.5. The van der Waals surface area contributed by atoms with Crippen LogP contribution >= 0.6 is 0 Å². The molecule has 0 saturated carbocycles. The highest BCUT2D eigenvalue weighted by Crippen LogP contribution is 2.25. The number of fused-ring (bicyclic) bond motifs is 1. The minimum atomic E-state index is -0.635. The summed E-state index contributed by atoms with van der Waals surface area (Å²) in [6.45, 7) is 0. The predicted molar refractivity (Wildman–Crippen MR) is 77.3 cm³/mol. The summed E-state index contributed by atoms with van der Waals surface area (Å²) in [4.78, 5) is 4.27. The molecule has 3 rings (SSSR count). The fourth-order valence-corrected chi connectivity index (χ4v) is 2.39. The summed E-state index contributed by atoms with van der Waals surface area (Å²) < 4.78 is 26.7. The Morgan fingerprint density at radius 1 is 0.952 bits per heavy atom. The molecule has 3 nitrogen and oxygen atoms in total. The molecule has 0 radical (unpaired) electrons.